The van der Waals surface area contributed by atoms with Gasteiger partial charge >= 0.3 is 0 Å². The number of rotatable bonds is 5. The number of nitrogens with zero attached hydrogens (tertiary/aromatic N) is 3. The van der Waals surface area contributed by atoms with Crippen molar-refractivity contribution in [1.82, 2.24) is 14.5 Å². The van der Waals surface area contributed by atoms with E-state index >= 15 is 0 Å². The quantitative estimate of drug-likeness (QED) is 0.628. The number of imidazole rings is 1. The summed E-state index contributed by atoms with van der Waals surface area (Å²) in [5, 5.41) is 0.607. The van der Waals surface area contributed by atoms with Gasteiger partial charge in [-0.05, 0) is 26.0 Å². The lowest BCUT2D eigenvalue weighted by Gasteiger charge is -2.17. The van der Waals surface area contributed by atoms with Crippen LogP contribution in [0.15, 0.2) is 66.0 Å². The molecule has 4 nitrogen and oxygen atoms in total. The first-order valence-corrected chi connectivity index (χ1v) is 9.43. The van der Waals surface area contributed by atoms with Gasteiger partial charge in [-0.3, -0.25) is 9.36 Å². The Kier molecular flexibility index (Phi) is 5.47. The van der Waals surface area contributed by atoms with Crippen molar-refractivity contribution in [2.45, 2.75) is 24.3 Å². The fourth-order valence-corrected chi connectivity index (χ4v) is 3.80. The molecule has 3 aromatic rings. The molecular formula is C21H23N3OS. The molecule has 0 bridgehead atoms. The number of thioether (sulfide) groups is 1. The third-order valence-electron chi connectivity index (χ3n) is 4.16. The topological polar surface area (TPSA) is 38.1 Å². The Bertz CT molecular complexity index is 885. The minimum atomic E-state index is -0.208. The molecule has 0 N–H and O–H groups in total. The minimum absolute atomic E-state index is 0.0782. The van der Waals surface area contributed by atoms with Crippen molar-refractivity contribution < 1.29 is 4.79 Å². The van der Waals surface area contributed by atoms with Gasteiger partial charge in [-0.2, -0.15) is 0 Å². The van der Waals surface area contributed by atoms with Crippen LogP contribution in [-0.2, 0) is 4.79 Å². The van der Waals surface area contributed by atoms with Gasteiger partial charge in [0.25, 0.3) is 0 Å². The number of amides is 1. The predicted molar refractivity (Wildman–Crippen MR) is 108 cm³/mol. The zero-order chi connectivity index (χ0) is 18.7. The third kappa shape index (κ3) is 3.83. The second kappa shape index (κ2) is 7.79. The summed E-state index contributed by atoms with van der Waals surface area (Å²) in [5.41, 5.74) is 4.38. The van der Waals surface area contributed by atoms with Crippen LogP contribution in [0, 0.1) is 6.92 Å². The molecule has 1 atom stereocenters. The van der Waals surface area contributed by atoms with Crippen LogP contribution in [0.2, 0.25) is 0 Å². The van der Waals surface area contributed by atoms with Crippen molar-refractivity contribution in [2.75, 3.05) is 14.1 Å². The van der Waals surface area contributed by atoms with E-state index in [1.807, 2.05) is 31.3 Å². The SMILES string of the molecule is Cc1ccc(-c2cnc(S[C@H](C)C(=O)N(C)C)n2-c2ccccc2)cc1. The molecule has 0 saturated carbocycles. The fourth-order valence-electron chi connectivity index (χ4n) is 2.74. The van der Waals surface area contributed by atoms with Gasteiger partial charge in [0.2, 0.25) is 5.91 Å². The van der Waals surface area contributed by atoms with Gasteiger partial charge in [0.15, 0.2) is 5.16 Å². The molecule has 134 valence electrons. The number of carbonyl (C=O) groups is 1. The monoisotopic (exact) mass is 365 g/mol. The number of aryl methyl sites for hydroxylation is 1. The van der Waals surface area contributed by atoms with Crippen LogP contribution in [0.4, 0.5) is 0 Å². The molecular weight excluding hydrogens is 342 g/mol. The zero-order valence-corrected chi connectivity index (χ0v) is 16.3. The number of carbonyl (C=O) groups excluding carboxylic acids is 1. The molecule has 0 aliphatic heterocycles. The Morgan fingerprint density at radius 2 is 1.73 bits per heavy atom. The molecule has 0 spiro atoms. The number of para-hydroxylation sites is 1. The summed E-state index contributed by atoms with van der Waals surface area (Å²) in [5.74, 6) is 0.0782. The first-order chi connectivity index (χ1) is 12.5. The average Bonchev–Trinajstić information content (AvgIpc) is 3.05. The summed E-state index contributed by atoms with van der Waals surface area (Å²) in [6.07, 6.45) is 1.88. The maximum absolute atomic E-state index is 12.3. The van der Waals surface area contributed by atoms with Gasteiger partial charge in [-0.1, -0.05) is 59.8 Å². The lowest BCUT2D eigenvalue weighted by atomic mass is 10.1. The molecule has 1 aromatic heterocycles. The summed E-state index contributed by atoms with van der Waals surface area (Å²) < 4.78 is 2.12. The summed E-state index contributed by atoms with van der Waals surface area (Å²) >= 11 is 1.48. The first kappa shape index (κ1) is 18.3. The Balaban J connectivity index is 2.05. The Morgan fingerprint density at radius 1 is 1.08 bits per heavy atom. The Hall–Kier alpha value is -2.53. The molecule has 26 heavy (non-hydrogen) atoms. The van der Waals surface area contributed by atoms with Crippen LogP contribution in [0.25, 0.3) is 16.9 Å². The first-order valence-electron chi connectivity index (χ1n) is 8.55. The normalized spacial score (nSPS) is 12.0. The van der Waals surface area contributed by atoms with E-state index in [1.165, 1.54) is 17.3 Å². The molecule has 0 fully saturated rings. The predicted octanol–water partition coefficient (Wildman–Crippen LogP) is 4.42. The highest BCUT2D eigenvalue weighted by Gasteiger charge is 2.21. The van der Waals surface area contributed by atoms with Crippen LogP contribution >= 0.6 is 11.8 Å². The minimum Gasteiger partial charge on any atom is -0.348 e. The van der Waals surface area contributed by atoms with Crippen molar-refractivity contribution in [1.29, 1.82) is 0 Å². The molecule has 1 heterocycles. The van der Waals surface area contributed by atoms with Crippen LogP contribution in [0.5, 0.6) is 0 Å². The number of benzene rings is 2. The van der Waals surface area contributed by atoms with Crippen LogP contribution in [0.3, 0.4) is 0 Å². The second-order valence-corrected chi connectivity index (χ2v) is 7.76. The largest absolute Gasteiger partial charge is 0.348 e. The van der Waals surface area contributed by atoms with Crippen molar-refractivity contribution >= 4 is 17.7 Å². The Labute approximate surface area is 158 Å². The number of hydrogen-bond donors (Lipinski definition) is 0. The molecule has 0 aliphatic carbocycles. The van der Waals surface area contributed by atoms with E-state index in [2.05, 4.69) is 52.9 Å². The van der Waals surface area contributed by atoms with E-state index in [0.29, 0.717) is 0 Å². The van der Waals surface area contributed by atoms with Crippen molar-refractivity contribution in [3.05, 3.63) is 66.4 Å². The molecule has 0 unspecified atom stereocenters. The van der Waals surface area contributed by atoms with E-state index < -0.39 is 0 Å². The van der Waals surface area contributed by atoms with Gasteiger partial charge in [0.05, 0.1) is 17.1 Å². The number of aromatic nitrogens is 2. The molecule has 5 heteroatoms. The van der Waals surface area contributed by atoms with Gasteiger partial charge in [-0.15, -0.1) is 0 Å². The summed E-state index contributed by atoms with van der Waals surface area (Å²) in [6, 6.07) is 18.5. The molecule has 1 amide bonds. The van der Waals surface area contributed by atoms with Gasteiger partial charge in [0.1, 0.15) is 0 Å². The van der Waals surface area contributed by atoms with Crippen LogP contribution < -0.4 is 0 Å². The van der Waals surface area contributed by atoms with Gasteiger partial charge in [-0.25, -0.2) is 4.98 Å². The highest BCUT2D eigenvalue weighted by atomic mass is 32.2. The zero-order valence-electron chi connectivity index (χ0n) is 15.5. The van der Waals surface area contributed by atoms with E-state index in [-0.39, 0.29) is 11.2 Å². The maximum Gasteiger partial charge on any atom is 0.235 e. The molecule has 0 saturated heterocycles. The molecule has 0 aliphatic rings. The average molecular weight is 366 g/mol. The van der Waals surface area contributed by atoms with Crippen LogP contribution in [-0.4, -0.2) is 39.7 Å². The molecule has 0 radical (unpaired) electrons. The van der Waals surface area contributed by atoms with E-state index in [0.717, 1.165) is 22.1 Å². The van der Waals surface area contributed by atoms with Crippen LogP contribution in [0.1, 0.15) is 12.5 Å². The summed E-state index contributed by atoms with van der Waals surface area (Å²) in [7, 11) is 3.56. The Morgan fingerprint density at radius 3 is 2.35 bits per heavy atom. The molecule has 3 rings (SSSR count). The highest BCUT2D eigenvalue weighted by molar-refractivity contribution is 8.00. The fraction of sp³-hybridized carbons (Fsp3) is 0.238. The van der Waals surface area contributed by atoms with E-state index in [9.17, 15) is 4.79 Å². The smallest absolute Gasteiger partial charge is 0.235 e. The lowest BCUT2D eigenvalue weighted by Crippen LogP contribution is -2.29. The number of hydrogen-bond acceptors (Lipinski definition) is 3. The van der Waals surface area contributed by atoms with Gasteiger partial charge < -0.3 is 4.90 Å². The second-order valence-electron chi connectivity index (χ2n) is 6.46. The van der Waals surface area contributed by atoms with Crippen molar-refractivity contribution in [3.8, 4) is 16.9 Å². The summed E-state index contributed by atoms with van der Waals surface area (Å²) in [6.45, 7) is 4.00. The van der Waals surface area contributed by atoms with Crippen molar-refractivity contribution in [3.63, 3.8) is 0 Å². The van der Waals surface area contributed by atoms with E-state index in [1.54, 1.807) is 19.0 Å². The maximum atomic E-state index is 12.3. The highest BCUT2D eigenvalue weighted by Crippen LogP contribution is 2.32. The lowest BCUT2D eigenvalue weighted by molar-refractivity contribution is -0.127. The van der Waals surface area contributed by atoms with Crippen molar-refractivity contribution in [2.24, 2.45) is 0 Å². The molecule has 2 aromatic carbocycles. The van der Waals surface area contributed by atoms with E-state index in [4.69, 9.17) is 0 Å². The van der Waals surface area contributed by atoms with Gasteiger partial charge in [0, 0.05) is 25.3 Å². The standard InChI is InChI=1S/C21H23N3OS/c1-15-10-12-17(13-11-15)19-14-22-21(26-16(2)20(25)23(3)4)24(19)18-8-6-5-7-9-18/h5-14,16H,1-4H3/t16-/m1/s1. The third-order valence-corrected chi connectivity index (χ3v) is 5.22. The summed E-state index contributed by atoms with van der Waals surface area (Å²) in [4.78, 5) is 18.5.